The predicted octanol–water partition coefficient (Wildman–Crippen LogP) is 2.83. The first kappa shape index (κ1) is 15.8. The second-order valence-electron chi connectivity index (χ2n) is 5.54. The van der Waals surface area contributed by atoms with Crippen LogP contribution in [-0.4, -0.2) is 24.5 Å². The average Bonchev–Trinajstić information content (AvgIpc) is 2.92. The van der Waals surface area contributed by atoms with E-state index in [0.717, 1.165) is 10.8 Å². The van der Waals surface area contributed by atoms with Crippen LogP contribution < -0.4 is 10.5 Å². The van der Waals surface area contributed by atoms with Gasteiger partial charge in [-0.25, -0.2) is 0 Å². The molecule has 1 unspecified atom stereocenters. The molecule has 24 heavy (non-hydrogen) atoms. The average molecular weight is 328 g/mol. The number of hydrogen-bond acceptors (Lipinski definition) is 5. The normalized spacial score (nSPS) is 12.4. The molecule has 0 saturated carbocycles. The quantitative estimate of drug-likeness (QED) is 0.553. The van der Waals surface area contributed by atoms with Crippen molar-refractivity contribution in [3.63, 3.8) is 0 Å². The highest BCUT2D eigenvalue weighted by Crippen LogP contribution is 2.40. The monoisotopic (exact) mass is 328 g/mol. The van der Waals surface area contributed by atoms with Crippen LogP contribution >= 0.6 is 0 Å². The maximum Gasteiger partial charge on any atom is 0.218 e. The molecule has 0 radical (unpaired) electrons. The molecule has 7 heteroatoms. The zero-order chi connectivity index (χ0) is 17.3. The Morgan fingerprint density at radius 2 is 2.08 bits per heavy atom. The second kappa shape index (κ2) is 6.19. The van der Waals surface area contributed by atoms with Crippen LogP contribution in [0.1, 0.15) is 17.9 Å². The van der Waals surface area contributed by atoms with Crippen molar-refractivity contribution in [2.24, 2.45) is 5.73 Å². The summed E-state index contributed by atoms with van der Waals surface area (Å²) in [5, 5.41) is 12.6. The van der Waals surface area contributed by atoms with Crippen LogP contribution in [0.2, 0.25) is 0 Å². The number of nitro groups is 1. The topological polar surface area (TPSA) is 109 Å². The van der Waals surface area contributed by atoms with Gasteiger partial charge in [-0.2, -0.15) is 0 Å². The molecule has 3 rings (SSSR count). The number of benzene rings is 2. The summed E-state index contributed by atoms with van der Waals surface area (Å²) in [6.45, 7) is -0.385. The molecule has 1 aromatic heterocycles. The molecule has 1 heterocycles. The van der Waals surface area contributed by atoms with Crippen LogP contribution in [0.5, 0.6) is 5.75 Å². The van der Waals surface area contributed by atoms with Gasteiger partial charge in [-0.05, 0) is 17.7 Å². The SMILES string of the molecule is COc1ccc(C(CC(N)=O)C[N+](=O)[O-])c2c1oc1ccccc12. The van der Waals surface area contributed by atoms with Gasteiger partial charge in [-0.15, -0.1) is 0 Å². The van der Waals surface area contributed by atoms with E-state index in [0.29, 0.717) is 22.5 Å². The zero-order valence-electron chi connectivity index (χ0n) is 13.0. The lowest BCUT2D eigenvalue weighted by Crippen LogP contribution is -2.21. The Morgan fingerprint density at radius 1 is 1.33 bits per heavy atom. The van der Waals surface area contributed by atoms with E-state index < -0.39 is 16.7 Å². The van der Waals surface area contributed by atoms with E-state index in [-0.39, 0.29) is 13.0 Å². The molecule has 1 atom stereocenters. The van der Waals surface area contributed by atoms with Crippen molar-refractivity contribution in [1.29, 1.82) is 0 Å². The van der Waals surface area contributed by atoms with Crippen LogP contribution in [-0.2, 0) is 4.79 Å². The molecule has 0 saturated heterocycles. The molecule has 0 aliphatic rings. The molecule has 3 aromatic rings. The minimum absolute atomic E-state index is 0.109. The van der Waals surface area contributed by atoms with Crippen molar-refractivity contribution in [2.75, 3.05) is 13.7 Å². The van der Waals surface area contributed by atoms with Crippen LogP contribution in [0.25, 0.3) is 21.9 Å². The van der Waals surface area contributed by atoms with Gasteiger partial charge in [0.25, 0.3) is 0 Å². The van der Waals surface area contributed by atoms with Crippen molar-refractivity contribution in [1.82, 2.24) is 0 Å². The number of para-hydroxylation sites is 1. The smallest absolute Gasteiger partial charge is 0.218 e. The largest absolute Gasteiger partial charge is 0.493 e. The van der Waals surface area contributed by atoms with Crippen LogP contribution in [0.4, 0.5) is 0 Å². The number of nitrogens with zero attached hydrogens (tertiary/aromatic N) is 1. The fourth-order valence-corrected chi connectivity index (χ4v) is 3.03. The van der Waals surface area contributed by atoms with Gasteiger partial charge in [0.15, 0.2) is 11.3 Å². The van der Waals surface area contributed by atoms with Crippen molar-refractivity contribution in [3.8, 4) is 5.75 Å². The highest BCUT2D eigenvalue weighted by molar-refractivity contribution is 6.09. The van der Waals surface area contributed by atoms with Crippen molar-refractivity contribution >= 4 is 27.8 Å². The molecular formula is C17H16N2O5. The summed E-state index contributed by atoms with van der Waals surface area (Å²) in [6, 6.07) is 10.8. The Bertz CT molecular complexity index is 915. The van der Waals surface area contributed by atoms with Crippen LogP contribution in [0.3, 0.4) is 0 Å². The Balaban J connectivity index is 2.29. The molecule has 0 aliphatic carbocycles. The molecule has 7 nitrogen and oxygen atoms in total. The van der Waals surface area contributed by atoms with Crippen molar-refractivity contribution in [3.05, 3.63) is 52.1 Å². The second-order valence-corrected chi connectivity index (χ2v) is 5.54. The van der Waals surface area contributed by atoms with Gasteiger partial charge >= 0.3 is 0 Å². The number of fused-ring (bicyclic) bond motifs is 3. The number of amides is 1. The Morgan fingerprint density at radius 3 is 2.75 bits per heavy atom. The first-order chi connectivity index (χ1) is 11.5. The van der Waals surface area contributed by atoms with Crippen LogP contribution in [0.15, 0.2) is 40.8 Å². The van der Waals surface area contributed by atoms with E-state index in [4.69, 9.17) is 14.9 Å². The number of nitrogens with two attached hydrogens (primary N) is 1. The van der Waals surface area contributed by atoms with Crippen molar-refractivity contribution in [2.45, 2.75) is 12.3 Å². The number of hydrogen-bond donors (Lipinski definition) is 1. The van der Waals surface area contributed by atoms with Gasteiger partial charge < -0.3 is 14.9 Å². The summed E-state index contributed by atoms with van der Waals surface area (Å²) < 4.78 is 11.2. The summed E-state index contributed by atoms with van der Waals surface area (Å²) in [4.78, 5) is 22.0. The number of furan rings is 1. The van der Waals surface area contributed by atoms with E-state index in [2.05, 4.69) is 0 Å². The molecule has 1 amide bonds. The molecule has 0 fully saturated rings. The molecule has 0 bridgehead atoms. The molecule has 0 aliphatic heterocycles. The fourth-order valence-electron chi connectivity index (χ4n) is 3.03. The van der Waals surface area contributed by atoms with Gasteiger partial charge in [0, 0.05) is 22.1 Å². The van der Waals surface area contributed by atoms with E-state index in [1.54, 1.807) is 12.1 Å². The summed E-state index contributed by atoms with van der Waals surface area (Å²) >= 11 is 0. The van der Waals surface area contributed by atoms with E-state index in [1.807, 2.05) is 24.3 Å². The Labute approximate surface area is 137 Å². The number of carbonyl (C=O) groups excluding carboxylic acids is 1. The first-order valence-corrected chi connectivity index (χ1v) is 7.39. The highest BCUT2D eigenvalue weighted by Gasteiger charge is 2.26. The zero-order valence-corrected chi connectivity index (χ0v) is 13.0. The van der Waals surface area contributed by atoms with Gasteiger partial charge in [0.05, 0.1) is 13.0 Å². The predicted molar refractivity (Wildman–Crippen MR) is 88.7 cm³/mol. The molecule has 2 N–H and O–H groups in total. The summed E-state index contributed by atoms with van der Waals surface area (Å²) in [5.41, 5.74) is 7.10. The molecule has 2 aromatic carbocycles. The lowest BCUT2D eigenvalue weighted by Gasteiger charge is -2.14. The van der Waals surface area contributed by atoms with E-state index in [9.17, 15) is 14.9 Å². The van der Waals surface area contributed by atoms with E-state index >= 15 is 0 Å². The summed E-state index contributed by atoms with van der Waals surface area (Å²) in [6.07, 6.45) is -0.109. The van der Waals surface area contributed by atoms with Crippen molar-refractivity contribution < 1.29 is 18.9 Å². The van der Waals surface area contributed by atoms with Gasteiger partial charge in [-0.1, -0.05) is 24.3 Å². The lowest BCUT2D eigenvalue weighted by molar-refractivity contribution is -0.483. The fraction of sp³-hybridized carbons (Fsp3) is 0.235. The van der Waals surface area contributed by atoms with Gasteiger partial charge in [0.1, 0.15) is 5.58 Å². The number of rotatable bonds is 6. The maximum absolute atomic E-state index is 11.4. The third-order valence-electron chi connectivity index (χ3n) is 4.00. The summed E-state index contributed by atoms with van der Waals surface area (Å²) in [7, 11) is 1.53. The first-order valence-electron chi connectivity index (χ1n) is 7.39. The lowest BCUT2D eigenvalue weighted by atomic mass is 9.91. The highest BCUT2D eigenvalue weighted by atomic mass is 16.6. The van der Waals surface area contributed by atoms with Gasteiger partial charge in [-0.3, -0.25) is 14.9 Å². The molecular weight excluding hydrogens is 312 g/mol. The Kier molecular flexibility index (Phi) is 4.07. The third kappa shape index (κ3) is 2.76. The van der Waals surface area contributed by atoms with Crippen LogP contribution in [0, 0.1) is 10.1 Å². The Hall–Kier alpha value is -3.09. The summed E-state index contributed by atoms with van der Waals surface area (Å²) in [5.74, 6) is -0.686. The number of primary amides is 1. The number of carbonyl (C=O) groups is 1. The number of ether oxygens (including phenoxy) is 1. The number of methoxy groups -OCH3 is 1. The standard InChI is InChI=1S/C17H16N2O5/c1-23-14-7-6-11(10(8-15(18)20)9-19(21)22)16-12-4-2-3-5-13(12)24-17(14)16/h2-7,10H,8-9H2,1H3,(H2,18,20). The van der Waals surface area contributed by atoms with Gasteiger partial charge in [0.2, 0.25) is 12.5 Å². The molecule has 0 spiro atoms. The third-order valence-corrected chi connectivity index (χ3v) is 4.00. The van der Waals surface area contributed by atoms with E-state index in [1.165, 1.54) is 7.11 Å². The minimum atomic E-state index is -0.632. The minimum Gasteiger partial charge on any atom is -0.493 e. The maximum atomic E-state index is 11.4. The molecule has 124 valence electrons.